The third kappa shape index (κ3) is 2.08. The summed E-state index contributed by atoms with van der Waals surface area (Å²) >= 11 is 0. The largest absolute Gasteiger partial charge is 0.369 e. The van der Waals surface area contributed by atoms with Gasteiger partial charge in [-0.2, -0.15) is 0 Å². The second-order valence-corrected chi connectivity index (χ2v) is 4.42. The molecular formula is C13H12N4O2. The number of aryl methyl sites for hydroxylation is 1. The van der Waals surface area contributed by atoms with Crippen molar-refractivity contribution in [3.63, 3.8) is 0 Å². The Hall–Kier alpha value is -2.63. The minimum atomic E-state index is -0.412. The molecule has 0 aliphatic carbocycles. The molecule has 0 aliphatic rings. The molecule has 0 bridgehead atoms. The molecule has 0 aliphatic heterocycles. The lowest BCUT2D eigenvalue weighted by atomic mass is 10.1. The van der Waals surface area contributed by atoms with Gasteiger partial charge in [-0.1, -0.05) is 35.0 Å². The van der Waals surface area contributed by atoms with Gasteiger partial charge in [-0.3, -0.25) is 9.78 Å². The number of benzene rings is 1. The highest BCUT2D eigenvalue weighted by Crippen LogP contribution is 2.17. The molecule has 0 radical (unpaired) electrons. The standard InChI is InChI=1S/C13H12N4O2/c1-7-3-2-4-8(5-7)6-9-10-11(19-17-9)12(18)16-13(14)15-10/h2-5H,6H2,1H3,(H3,14,15,16,18). The van der Waals surface area contributed by atoms with Gasteiger partial charge >= 0.3 is 0 Å². The van der Waals surface area contributed by atoms with Crippen LogP contribution in [0.15, 0.2) is 33.6 Å². The lowest BCUT2D eigenvalue weighted by Crippen LogP contribution is -2.10. The normalized spacial score (nSPS) is 11.0. The number of rotatable bonds is 2. The highest BCUT2D eigenvalue weighted by atomic mass is 16.5. The van der Waals surface area contributed by atoms with E-state index in [-0.39, 0.29) is 11.5 Å². The van der Waals surface area contributed by atoms with Crippen molar-refractivity contribution in [2.24, 2.45) is 0 Å². The van der Waals surface area contributed by atoms with Crippen molar-refractivity contribution in [3.8, 4) is 0 Å². The monoisotopic (exact) mass is 256 g/mol. The Morgan fingerprint density at radius 1 is 1.42 bits per heavy atom. The number of fused-ring (bicyclic) bond motifs is 1. The molecule has 6 nitrogen and oxygen atoms in total. The van der Waals surface area contributed by atoms with Gasteiger partial charge in [-0.15, -0.1) is 0 Å². The van der Waals surface area contributed by atoms with E-state index < -0.39 is 5.56 Å². The second-order valence-electron chi connectivity index (χ2n) is 4.42. The van der Waals surface area contributed by atoms with E-state index in [2.05, 4.69) is 21.2 Å². The van der Waals surface area contributed by atoms with E-state index in [4.69, 9.17) is 10.3 Å². The maximum Gasteiger partial charge on any atom is 0.298 e. The van der Waals surface area contributed by atoms with Crippen molar-refractivity contribution in [3.05, 3.63) is 51.4 Å². The molecule has 19 heavy (non-hydrogen) atoms. The van der Waals surface area contributed by atoms with Crippen LogP contribution in [0.3, 0.4) is 0 Å². The van der Waals surface area contributed by atoms with Gasteiger partial charge in [0.25, 0.3) is 5.56 Å². The highest BCUT2D eigenvalue weighted by Gasteiger charge is 2.14. The van der Waals surface area contributed by atoms with Crippen LogP contribution < -0.4 is 11.3 Å². The number of aromatic nitrogens is 3. The Kier molecular flexibility index (Phi) is 2.56. The molecule has 3 aromatic rings. The molecule has 96 valence electrons. The Labute approximate surface area is 108 Å². The molecule has 1 aromatic carbocycles. The zero-order chi connectivity index (χ0) is 13.4. The summed E-state index contributed by atoms with van der Waals surface area (Å²) in [4.78, 5) is 18.1. The van der Waals surface area contributed by atoms with Crippen LogP contribution in [0, 0.1) is 6.92 Å². The zero-order valence-electron chi connectivity index (χ0n) is 10.3. The first-order valence-electron chi connectivity index (χ1n) is 5.83. The first kappa shape index (κ1) is 11.5. The van der Waals surface area contributed by atoms with Crippen LogP contribution in [0.5, 0.6) is 0 Å². The Morgan fingerprint density at radius 3 is 3.05 bits per heavy atom. The van der Waals surface area contributed by atoms with Crippen molar-refractivity contribution in [1.29, 1.82) is 0 Å². The quantitative estimate of drug-likeness (QED) is 0.722. The lowest BCUT2D eigenvalue weighted by molar-refractivity contribution is 0.445. The molecule has 2 heterocycles. The maximum absolute atomic E-state index is 11.6. The van der Waals surface area contributed by atoms with Gasteiger partial charge in [0.2, 0.25) is 11.5 Å². The van der Waals surface area contributed by atoms with Crippen molar-refractivity contribution < 1.29 is 4.52 Å². The van der Waals surface area contributed by atoms with Crippen LogP contribution in [0.2, 0.25) is 0 Å². The van der Waals surface area contributed by atoms with Crippen molar-refractivity contribution in [2.45, 2.75) is 13.3 Å². The van der Waals surface area contributed by atoms with Crippen molar-refractivity contribution in [1.82, 2.24) is 15.1 Å². The van der Waals surface area contributed by atoms with Crippen molar-refractivity contribution >= 4 is 17.0 Å². The van der Waals surface area contributed by atoms with Crippen LogP contribution in [0.1, 0.15) is 16.8 Å². The fraction of sp³-hybridized carbons (Fsp3) is 0.154. The third-order valence-electron chi connectivity index (χ3n) is 2.87. The maximum atomic E-state index is 11.6. The molecular weight excluding hydrogens is 244 g/mol. The van der Waals surface area contributed by atoms with Gasteiger partial charge < -0.3 is 10.3 Å². The van der Waals surface area contributed by atoms with Crippen molar-refractivity contribution in [2.75, 3.05) is 5.73 Å². The summed E-state index contributed by atoms with van der Waals surface area (Å²) in [6, 6.07) is 8.04. The number of hydrogen-bond donors (Lipinski definition) is 2. The topological polar surface area (TPSA) is 97.8 Å². The van der Waals surface area contributed by atoms with E-state index in [0.717, 1.165) is 11.1 Å². The fourth-order valence-corrected chi connectivity index (χ4v) is 2.04. The summed E-state index contributed by atoms with van der Waals surface area (Å²) < 4.78 is 5.03. The van der Waals surface area contributed by atoms with Crippen LogP contribution in [-0.2, 0) is 6.42 Å². The lowest BCUT2D eigenvalue weighted by Gasteiger charge is -1.99. The average Bonchev–Trinajstić information content (AvgIpc) is 2.73. The van der Waals surface area contributed by atoms with E-state index >= 15 is 0 Å². The number of anilines is 1. The summed E-state index contributed by atoms with van der Waals surface area (Å²) in [6.07, 6.45) is 0.546. The number of aromatic amines is 1. The van der Waals surface area contributed by atoms with E-state index in [0.29, 0.717) is 17.6 Å². The van der Waals surface area contributed by atoms with Gasteiger partial charge in [0, 0.05) is 6.42 Å². The zero-order valence-corrected chi connectivity index (χ0v) is 10.3. The van der Waals surface area contributed by atoms with E-state index in [1.165, 1.54) is 0 Å². The van der Waals surface area contributed by atoms with Gasteiger partial charge in [-0.25, -0.2) is 4.98 Å². The summed E-state index contributed by atoms with van der Waals surface area (Å²) in [7, 11) is 0. The minimum absolute atomic E-state index is 0.0613. The molecule has 0 amide bonds. The van der Waals surface area contributed by atoms with Gasteiger partial charge in [-0.05, 0) is 12.5 Å². The van der Waals surface area contributed by atoms with Crippen LogP contribution in [0.25, 0.3) is 11.1 Å². The molecule has 6 heteroatoms. The van der Waals surface area contributed by atoms with Gasteiger partial charge in [0.05, 0.1) is 0 Å². The number of H-pyrrole nitrogens is 1. The molecule has 0 unspecified atom stereocenters. The van der Waals surface area contributed by atoms with Crippen LogP contribution >= 0.6 is 0 Å². The predicted octanol–water partition coefficient (Wildman–Crippen LogP) is 1.39. The van der Waals surface area contributed by atoms with Crippen LogP contribution in [0.4, 0.5) is 5.95 Å². The fourth-order valence-electron chi connectivity index (χ4n) is 2.04. The summed E-state index contributed by atoms with van der Waals surface area (Å²) in [5.74, 6) is 0.0613. The molecule has 2 aromatic heterocycles. The number of nitrogens with one attached hydrogen (secondary N) is 1. The third-order valence-corrected chi connectivity index (χ3v) is 2.87. The summed E-state index contributed by atoms with van der Waals surface area (Å²) in [5.41, 5.74) is 8.50. The molecule has 0 saturated carbocycles. The molecule has 0 fully saturated rings. The number of hydrogen-bond acceptors (Lipinski definition) is 5. The molecule has 0 atom stereocenters. The van der Waals surface area contributed by atoms with Gasteiger partial charge in [0.15, 0.2) is 0 Å². The Bertz CT molecular complexity index is 804. The van der Waals surface area contributed by atoms with E-state index in [1.54, 1.807) is 0 Å². The Morgan fingerprint density at radius 2 is 2.26 bits per heavy atom. The molecule has 0 spiro atoms. The summed E-state index contributed by atoms with van der Waals surface area (Å²) in [6.45, 7) is 2.02. The van der Waals surface area contributed by atoms with E-state index in [9.17, 15) is 4.79 Å². The first-order valence-corrected chi connectivity index (χ1v) is 5.83. The van der Waals surface area contributed by atoms with Crippen LogP contribution in [-0.4, -0.2) is 15.1 Å². The second kappa shape index (κ2) is 4.24. The van der Waals surface area contributed by atoms with E-state index in [1.807, 2.05) is 25.1 Å². The molecule has 3 rings (SSSR count). The molecule has 3 N–H and O–H groups in total. The SMILES string of the molecule is Cc1cccc(Cc2noc3c(=O)[nH]c(N)nc23)c1. The minimum Gasteiger partial charge on any atom is -0.369 e. The first-order chi connectivity index (χ1) is 9.13. The number of nitrogen functional groups attached to an aromatic ring is 1. The molecule has 0 saturated heterocycles. The van der Waals surface area contributed by atoms with Gasteiger partial charge in [0.1, 0.15) is 11.2 Å². The highest BCUT2D eigenvalue weighted by molar-refractivity contribution is 5.75. The number of nitrogens with zero attached hydrogens (tertiary/aromatic N) is 2. The summed E-state index contributed by atoms with van der Waals surface area (Å²) in [5, 5.41) is 3.91. The predicted molar refractivity (Wildman–Crippen MR) is 70.8 cm³/mol. The smallest absolute Gasteiger partial charge is 0.298 e. The average molecular weight is 256 g/mol. The Balaban J connectivity index is 2.09. The number of nitrogens with two attached hydrogens (primary N) is 1.